The second-order valence-electron chi connectivity index (χ2n) is 5.58. The molecule has 0 radical (unpaired) electrons. The molecule has 0 aromatic rings. The van der Waals surface area contributed by atoms with Crippen molar-refractivity contribution >= 4 is 12.6 Å². The lowest BCUT2D eigenvalue weighted by Gasteiger charge is -2.34. The van der Waals surface area contributed by atoms with Crippen LogP contribution in [-0.2, 0) is 0 Å². The molecular formula is C11H21NS. The van der Waals surface area contributed by atoms with Crippen molar-refractivity contribution in [1.29, 1.82) is 0 Å². The molecule has 1 aliphatic carbocycles. The van der Waals surface area contributed by atoms with E-state index in [1.165, 1.54) is 32.4 Å². The molecule has 76 valence electrons. The Labute approximate surface area is 87.3 Å². The van der Waals surface area contributed by atoms with Gasteiger partial charge in [0.2, 0.25) is 0 Å². The van der Waals surface area contributed by atoms with Crippen LogP contribution in [-0.4, -0.2) is 29.8 Å². The van der Waals surface area contributed by atoms with E-state index < -0.39 is 0 Å². The van der Waals surface area contributed by atoms with Gasteiger partial charge in [-0.25, -0.2) is 0 Å². The minimum absolute atomic E-state index is 0.396. The predicted octanol–water partition coefficient (Wildman–Crippen LogP) is 2.43. The lowest BCUT2D eigenvalue weighted by molar-refractivity contribution is 0.154. The third-order valence-corrected chi connectivity index (χ3v) is 4.44. The molecular weight excluding hydrogens is 178 g/mol. The largest absolute Gasteiger partial charge is 0.300 e. The van der Waals surface area contributed by atoms with Crippen molar-refractivity contribution in [1.82, 2.24) is 4.90 Å². The van der Waals surface area contributed by atoms with Crippen molar-refractivity contribution in [3.05, 3.63) is 0 Å². The zero-order chi connectivity index (χ0) is 9.47. The van der Waals surface area contributed by atoms with E-state index in [1.807, 2.05) is 0 Å². The summed E-state index contributed by atoms with van der Waals surface area (Å²) in [6.07, 6.45) is 4.42. The molecule has 2 heteroatoms. The van der Waals surface area contributed by atoms with Crippen molar-refractivity contribution in [2.24, 2.45) is 11.3 Å². The van der Waals surface area contributed by atoms with Crippen molar-refractivity contribution in [2.75, 3.05) is 18.8 Å². The molecule has 1 aliphatic heterocycles. The van der Waals surface area contributed by atoms with E-state index in [9.17, 15) is 0 Å². The molecule has 1 saturated heterocycles. The summed E-state index contributed by atoms with van der Waals surface area (Å²) in [5.74, 6) is 2.03. The van der Waals surface area contributed by atoms with Gasteiger partial charge in [0.15, 0.2) is 0 Å². The molecule has 13 heavy (non-hydrogen) atoms. The maximum atomic E-state index is 4.42. The quantitative estimate of drug-likeness (QED) is 0.683. The van der Waals surface area contributed by atoms with Crippen LogP contribution in [0.25, 0.3) is 0 Å². The minimum atomic E-state index is 0.396. The van der Waals surface area contributed by atoms with Gasteiger partial charge in [-0.1, -0.05) is 13.8 Å². The van der Waals surface area contributed by atoms with E-state index in [2.05, 4.69) is 31.4 Å². The molecule has 2 unspecified atom stereocenters. The topological polar surface area (TPSA) is 3.24 Å². The Hall–Kier alpha value is 0.310. The molecule has 2 fully saturated rings. The Morgan fingerprint density at radius 1 is 1.38 bits per heavy atom. The van der Waals surface area contributed by atoms with Crippen LogP contribution in [0.3, 0.4) is 0 Å². The van der Waals surface area contributed by atoms with Crippen molar-refractivity contribution in [2.45, 2.75) is 39.2 Å². The number of thiol groups is 1. The summed E-state index contributed by atoms with van der Waals surface area (Å²) in [5.41, 5.74) is 0.396. The highest BCUT2D eigenvalue weighted by Gasteiger charge is 2.39. The van der Waals surface area contributed by atoms with Crippen molar-refractivity contribution in [3.8, 4) is 0 Å². The van der Waals surface area contributed by atoms with Crippen LogP contribution in [0.15, 0.2) is 0 Å². The van der Waals surface area contributed by atoms with Crippen LogP contribution >= 0.6 is 12.6 Å². The van der Waals surface area contributed by atoms with Gasteiger partial charge in [0.25, 0.3) is 0 Å². The van der Waals surface area contributed by atoms with Crippen LogP contribution in [0.5, 0.6) is 0 Å². The average molecular weight is 199 g/mol. The predicted molar refractivity (Wildman–Crippen MR) is 60.3 cm³/mol. The van der Waals surface area contributed by atoms with Crippen molar-refractivity contribution < 1.29 is 0 Å². The van der Waals surface area contributed by atoms with Gasteiger partial charge in [-0.3, -0.25) is 4.90 Å². The van der Waals surface area contributed by atoms with E-state index in [-0.39, 0.29) is 0 Å². The Balaban J connectivity index is 1.89. The Morgan fingerprint density at radius 3 is 2.62 bits per heavy atom. The molecule has 2 rings (SSSR count). The fraction of sp³-hybridized carbons (Fsp3) is 1.00. The third kappa shape index (κ3) is 2.04. The molecule has 1 nitrogen and oxygen atoms in total. The molecule has 0 N–H and O–H groups in total. The lowest BCUT2D eigenvalue weighted by Crippen LogP contribution is -2.40. The first-order chi connectivity index (χ1) is 6.11. The number of rotatable bonds is 3. The Kier molecular flexibility index (Phi) is 2.63. The molecule has 2 atom stereocenters. The smallest absolute Gasteiger partial charge is 0.00988 e. The first-order valence-corrected chi connectivity index (χ1v) is 6.09. The highest BCUT2D eigenvalue weighted by Crippen LogP contribution is 2.38. The second-order valence-corrected chi connectivity index (χ2v) is 5.90. The van der Waals surface area contributed by atoms with Gasteiger partial charge in [0, 0.05) is 19.1 Å². The summed E-state index contributed by atoms with van der Waals surface area (Å²) in [6, 6.07) is 0.921. The highest BCUT2D eigenvalue weighted by atomic mass is 32.1. The van der Waals surface area contributed by atoms with Crippen LogP contribution in [0.1, 0.15) is 33.1 Å². The summed E-state index contributed by atoms with van der Waals surface area (Å²) in [4.78, 5) is 2.70. The van der Waals surface area contributed by atoms with E-state index >= 15 is 0 Å². The van der Waals surface area contributed by atoms with Gasteiger partial charge >= 0.3 is 0 Å². The van der Waals surface area contributed by atoms with E-state index in [0.717, 1.165) is 17.7 Å². The van der Waals surface area contributed by atoms with Gasteiger partial charge in [0.05, 0.1) is 0 Å². The Bertz CT molecular complexity index is 191. The van der Waals surface area contributed by atoms with Crippen LogP contribution in [0, 0.1) is 11.3 Å². The minimum Gasteiger partial charge on any atom is -0.300 e. The fourth-order valence-electron chi connectivity index (χ4n) is 2.82. The molecule has 0 aromatic heterocycles. The average Bonchev–Trinajstić information content (AvgIpc) is 2.64. The molecule has 1 heterocycles. The summed E-state index contributed by atoms with van der Waals surface area (Å²) in [5, 5.41) is 0. The SMILES string of the molecule is CC(C)(CS)CN1CC2CCC1C2. The van der Waals surface area contributed by atoms with E-state index in [0.29, 0.717) is 5.41 Å². The fourth-order valence-corrected chi connectivity index (χ4v) is 2.92. The van der Waals surface area contributed by atoms with Gasteiger partial charge in [0.1, 0.15) is 0 Å². The number of hydrogen-bond donors (Lipinski definition) is 1. The third-order valence-electron chi connectivity index (χ3n) is 3.58. The van der Waals surface area contributed by atoms with Gasteiger partial charge < -0.3 is 0 Å². The standard InChI is InChI=1S/C11H21NS/c1-11(2,8-13)7-12-6-9-3-4-10(12)5-9/h9-10,13H,3-8H2,1-2H3. The Morgan fingerprint density at radius 2 is 2.15 bits per heavy atom. The molecule has 2 bridgehead atoms. The first kappa shape index (κ1) is 9.85. The number of fused-ring (bicyclic) bond motifs is 2. The number of likely N-dealkylation sites (tertiary alicyclic amines) is 1. The van der Waals surface area contributed by atoms with Crippen LogP contribution in [0.2, 0.25) is 0 Å². The summed E-state index contributed by atoms with van der Waals surface area (Å²) in [7, 11) is 0. The number of hydrogen-bond acceptors (Lipinski definition) is 2. The van der Waals surface area contributed by atoms with Gasteiger partial charge in [-0.05, 0) is 36.3 Å². The number of nitrogens with zero attached hydrogens (tertiary/aromatic N) is 1. The maximum Gasteiger partial charge on any atom is 0.00988 e. The zero-order valence-electron chi connectivity index (χ0n) is 8.79. The molecule has 0 aromatic carbocycles. The van der Waals surface area contributed by atoms with Crippen LogP contribution in [0.4, 0.5) is 0 Å². The van der Waals surface area contributed by atoms with Gasteiger partial charge in [-0.2, -0.15) is 12.6 Å². The summed E-state index contributed by atoms with van der Waals surface area (Å²) in [6.45, 7) is 7.26. The molecule has 1 saturated carbocycles. The highest BCUT2D eigenvalue weighted by molar-refractivity contribution is 7.80. The monoisotopic (exact) mass is 199 g/mol. The molecule has 0 spiro atoms. The first-order valence-electron chi connectivity index (χ1n) is 5.46. The summed E-state index contributed by atoms with van der Waals surface area (Å²) < 4.78 is 0. The number of piperidine rings is 1. The maximum absolute atomic E-state index is 4.42. The molecule has 2 aliphatic rings. The normalized spacial score (nSPS) is 34.4. The molecule has 0 amide bonds. The van der Waals surface area contributed by atoms with Crippen LogP contribution < -0.4 is 0 Å². The van der Waals surface area contributed by atoms with E-state index in [4.69, 9.17) is 0 Å². The second kappa shape index (κ2) is 3.47. The van der Waals surface area contributed by atoms with Gasteiger partial charge in [-0.15, -0.1) is 0 Å². The lowest BCUT2D eigenvalue weighted by atomic mass is 9.94. The summed E-state index contributed by atoms with van der Waals surface area (Å²) >= 11 is 4.42. The van der Waals surface area contributed by atoms with E-state index in [1.54, 1.807) is 0 Å². The zero-order valence-corrected chi connectivity index (χ0v) is 9.69. The van der Waals surface area contributed by atoms with Crippen molar-refractivity contribution in [3.63, 3.8) is 0 Å².